The molecule has 2 amide bonds. The lowest BCUT2D eigenvalue weighted by atomic mass is 10.1. The standard InChI is InChI=1S/C24H31N3O2/c1-18(2)27(17-19-10-6-5-7-11-19)24(29)21-14-20(15-25-16-21)23(28)26-22-12-8-3-4-9-13-22/h5-7,10-11,14-16,18,22H,3-4,8-9,12-13,17H2,1-2H3,(H,26,28). The number of rotatable bonds is 6. The van der Waals surface area contributed by atoms with Crippen LogP contribution in [0.2, 0.25) is 0 Å². The molecule has 0 unspecified atom stereocenters. The van der Waals surface area contributed by atoms with Crippen LogP contribution in [0.3, 0.4) is 0 Å². The van der Waals surface area contributed by atoms with Crippen LogP contribution in [0.25, 0.3) is 0 Å². The molecule has 154 valence electrons. The van der Waals surface area contributed by atoms with Gasteiger partial charge < -0.3 is 10.2 Å². The first-order valence-corrected chi connectivity index (χ1v) is 10.7. The minimum absolute atomic E-state index is 0.0335. The largest absolute Gasteiger partial charge is 0.349 e. The van der Waals surface area contributed by atoms with Gasteiger partial charge >= 0.3 is 0 Å². The van der Waals surface area contributed by atoms with E-state index in [1.165, 1.54) is 12.8 Å². The zero-order chi connectivity index (χ0) is 20.6. The Morgan fingerprint density at radius 2 is 1.69 bits per heavy atom. The summed E-state index contributed by atoms with van der Waals surface area (Å²) in [6.07, 6.45) is 9.93. The number of carbonyl (C=O) groups is 2. The van der Waals surface area contributed by atoms with E-state index in [0.717, 1.165) is 31.2 Å². The normalized spacial score (nSPS) is 15.0. The van der Waals surface area contributed by atoms with Crippen molar-refractivity contribution in [3.05, 3.63) is 65.5 Å². The highest BCUT2D eigenvalue weighted by atomic mass is 16.2. The van der Waals surface area contributed by atoms with Gasteiger partial charge in [-0.05, 0) is 38.3 Å². The smallest absolute Gasteiger partial charge is 0.255 e. The van der Waals surface area contributed by atoms with Gasteiger partial charge in [-0.15, -0.1) is 0 Å². The average Bonchev–Trinajstić information content (AvgIpc) is 3.01. The lowest BCUT2D eigenvalue weighted by Crippen LogP contribution is -2.37. The SMILES string of the molecule is CC(C)N(Cc1ccccc1)C(=O)c1cncc(C(=O)NC2CCCCCC2)c1. The van der Waals surface area contributed by atoms with E-state index >= 15 is 0 Å². The fourth-order valence-electron chi connectivity index (χ4n) is 3.81. The van der Waals surface area contributed by atoms with Crippen molar-refractivity contribution >= 4 is 11.8 Å². The number of benzene rings is 1. The second-order valence-corrected chi connectivity index (χ2v) is 8.14. The van der Waals surface area contributed by atoms with Crippen molar-refractivity contribution < 1.29 is 9.59 Å². The third kappa shape index (κ3) is 5.89. The number of hydrogen-bond acceptors (Lipinski definition) is 3. The molecular weight excluding hydrogens is 362 g/mol. The van der Waals surface area contributed by atoms with Gasteiger partial charge in [0.05, 0.1) is 11.1 Å². The number of pyridine rings is 1. The molecule has 1 aromatic carbocycles. The van der Waals surface area contributed by atoms with Crippen molar-refractivity contribution in [2.45, 2.75) is 71.0 Å². The van der Waals surface area contributed by atoms with Crippen LogP contribution in [0, 0.1) is 0 Å². The Bertz CT molecular complexity index is 812. The van der Waals surface area contributed by atoms with E-state index in [-0.39, 0.29) is 23.9 Å². The van der Waals surface area contributed by atoms with Gasteiger partial charge in [0.25, 0.3) is 11.8 Å². The van der Waals surface area contributed by atoms with E-state index in [1.54, 1.807) is 23.4 Å². The summed E-state index contributed by atoms with van der Waals surface area (Å²) in [5.41, 5.74) is 1.97. The fourth-order valence-corrected chi connectivity index (χ4v) is 3.81. The maximum absolute atomic E-state index is 13.2. The van der Waals surface area contributed by atoms with Crippen molar-refractivity contribution in [1.29, 1.82) is 0 Å². The maximum atomic E-state index is 13.2. The van der Waals surface area contributed by atoms with E-state index in [4.69, 9.17) is 0 Å². The quantitative estimate of drug-likeness (QED) is 0.731. The third-order valence-corrected chi connectivity index (χ3v) is 5.52. The van der Waals surface area contributed by atoms with Gasteiger partial charge in [-0.1, -0.05) is 56.0 Å². The summed E-state index contributed by atoms with van der Waals surface area (Å²) in [5, 5.41) is 3.13. The Labute approximate surface area is 173 Å². The highest BCUT2D eigenvalue weighted by molar-refractivity contribution is 5.99. The van der Waals surface area contributed by atoms with E-state index in [1.807, 2.05) is 44.2 Å². The molecular formula is C24H31N3O2. The van der Waals surface area contributed by atoms with E-state index in [2.05, 4.69) is 10.3 Å². The minimum Gasteiger partial charge on any atom is -0.349 e. The number of carbonyl (C=O) groups excluding carboxylic acids is 2. The van der Waals surface area contributed by atoms with Crippen LogP contribution in [-0.4, -0.2) is 33.8 Å². The molecule has 1 fully saturated rings. The number of amides is 2. The summed E-state index contributed by atoms with van der Waals surface area (Å²) in [6, 6.07) is 11.8. The first-order chi connectivity index (χ1) is 14.0. The van der Waals surface area contributed by atoms with Crippen molar-refractivity contribution in [3.63, 3.8) is 0 Å². The van der Waals surface area contributed by atoms with Gasteiger partial charge in [0.1, 0.15) is 0 Å². The second-order valence-electron chi connectivity index (χ2n) is 8.14. The highest BCUT2D eigenvalue weighted by Crippen LogP contribution is 2.18. The summed E-state index contributed by atoms with van der Waals surface area (Å²) < 4.78 is 0. The van der Waals surface area contributed by atoms with Crippen molar-refractivity contribution in [2.24, 2.45) is 0 Å². The number of aromatic nitrogens is 1. The number of nitrogens with one attached hydrogen (secondary N) is 1. The number of nitrogens with zero attached hydrogens (tertiary/aromatic N) is 2. The van der Waals surface area contributed by atoms with Crippen LogP contribution in [-0.2, 0) is 6.54 Å². The molecule has 3 rings (SSSR count). The second kappa shape index (κ2) is 10.2. The molecule has 1 N–H and O–H groups in total. The van der Waals surface area contributed by atoms with Gasteiger partial charge in [-0.2, -0.15) is 0 Å². The summed E-state index contributed by atoms with van der Waals surface area (Å²) in [4.78, 5) is 31.9. The van der Waals surface area contributed by atoms with Gasteiger partial charge in [0, 0.05) is 31.0 Å². The Hall–Kier alpha value is -2.69. The molecule has 0 saturated heterocycles. The van der Waals surface area contributed by atoms with Crippen LogP contribution in [0.5, 0.6) is 0 Å². The van der Waals surface area contributed by atoms with Crippen LogP contribution in [0.15, 0.2) is 48.8 Å². The minimum atomic E-state index is -0.141. The Kier molecular flexibility index (Phi) is 7.39. The molecule has 1 aliphatic carbocycles. The van der Waals surface area contributed by atoms with Gasteiger partial charge in [0.2, 0.25) is 0 Å². The molecule has 0 atom stereocenters. The van der Waals surface area contributed by atoms with E-state index < -0.39 is 0 Å². The Morgan fingerprint density at radius 3 is 2.34 bits per heavy atom. The highest BCUT2D eigenvalue weighted by Gasteiger charge is 2.21. The molecule has 0 aliphatic heterocycles. The lowest BCUT2D eigenvalue weighted by molar-refractivity contribution is 0.0690. The first kappa shape index (κ1) is 21.0. The lowest BCUT2D eigenvalue weighted by Gasteiger charge is -2.27. The first-order valence-electron chi connectivity index (χ1n) is 10.7. The predicted octanol–water partition coefficient (Wildman–Crippen LogP) is 4.59. The third-order valence-electron chi connectivity index (χ3n) is 5.52. The predicted molar refractivity (Wildman–Crippen MR) is 115 cm³/mol. The van der Waals surface area contributed by atoms with Crippen molar-refractivity contribution in [2.75, 3.05) is 0 Å². The molecule has 1 aromatic heterocycles. The zero-order valence-corrected chi connectivity index (χ0v) is 17.4. The fraction of sp³-hybridized carbons (Fsp3) is 0.458. The molecule has 1 saturated carbocycles. The molecule has 1 heterocycles. The molecule has 0 bridgehead atoms. The molecule has 29 heavy (non-hydrogen) atoms. The van der Waals surface area contributed by atoms with Gasteiger partial charge in [-0.25, -0.2) is 0 Å². The topological polar surface area (TPSA) is 62.3 Å². The van der Waals surface area contributed by atoms with Crippen molar-refractivity contribution in [1.82, 2.24) is 15.2 Å². The van der Waals surface area contributed by atoms with E-state index in [0.29, 0.717) is 17.7 Å². The van der Waals surface area contributed by atoms with Crippen LogP contribution < -0.4 is 5.32 Å². The summed E-state index contributed by atoms with van der Waals surface area (Å²) in [6.45, 7) is 4.52. The van der Waals surface area contributed by atoms with Gasteiger partial charge in [-0.3, -0.25) is 14.6 Å². The van der Waals surface area contributed by atoms with Crippen LogP contribution in [0.4, 0.5) is 0 Å². The monoisotopic (exact) mass is 393 g/mol. The summed E-state index contributed by atoms with van der Waals surface area (Å²) in [5.74, 6) is -0.251. The van der Waals surface area contributed by atoms with Crippen molar-refractivity contribution in [3.8, 4) is 0 Å². The zero-order valence-electron chi connectivity index (χ0n) is 17.4. The molecule has 5 nitrogen and oxygen atoms in total. The van der Waals surface area contributed by atoms with Crippen LogP contribution in [0.1, 0.15) is 78.7 Å². The molecule has 1 aliphatic rings. The maximum Gasteiger partial charge on any atom is 0.255 e. The van der Waals surface area contributed by atoms with E-state index in [9.17, 15) is 9.59 Å². The number of hydrogen-bond donors (Lipinski definition) is 1. The average molecular weight is 394 g/mol. The van der Waals surface area contributed by atoms with Crippen LogP contribution >= 0.6 is 0 Å². The molecule has 5 heteroatoms. The Balaban J connectivity index is 1.72. The molecule has 0 spiro atoms. The van der Waals surface area contributed by atoms with Gasteiger partial charge in [0.15, 0.2) is 0 Å². The molecule has 2 aromatic rings. The Morgan fingerprint density at radius 1 is 1.03 bits per heavy atom. The summed E-state index contributed by atoms with van der Waals surface area (Å²) >= 11 is 0. The molecule has 0 radical (unpaired) electrons. The summed E-state index contributed by atoms with van der Waals surface area (Å²) in [7, 11) is 0.